The molecule has 0 saturated heterocycles. The molecule has 0 amide bonds. The molecule has 0 fully saturated rings. The molecule has 4 aromatic rings. The predicted octanol–water partition coefficient (Wildman–Crippen LogP) is 3.99. The van der Waals surface area contributed by atoms with Gasteiger partial charge >= 0.3 is 0 Å². The molecular formula is C17H13ClFN5. The van der Waals surface area contributed by atoms with Gasteiger partial charge in [0.25, 0.3) is 0 Å². The van der Waals surface area contributed by atoms with E-state index in [4.69, 9.17) is 11.6 Å². The number of hydrogen-bond donors (Lipinski definition) is 0. The van der Waals surface area contributed by atoms with Crippen LogP contribution >= 0.6 is 11.6 Å². The van der Waals surface area contributed by atoms with Crippen LogP contribution in [0.3, 0.4) is 0 Å². The Hall–Kier alpha value is -2.73. The Morgan fingerprint density at radius 3 is 2.71 bits per heavy atom. The van der Waals surface area contributed by atoms with Gasteiger partial charge in [-0.15, -0.1) is 0 Å². The highest BCUT2D eigenvalue weighted by Crippen LogP contribution is 2.31. The molecule has 0 atom stereocenters. The Morgan fingerprint density at radius 2 is 2.00 bits per heavy atom. The van der Waals surface area contributed by atoms with Crippen molar-refractivity contribution in [1.82, 2.24) is 24.4 Å². The molecule has 5 nitrogen and oxygen atoms in total. The lowest BCUT2D eigenvalue weighted by Crippen LogP contribution is -1.97. The summed E-state index contributed by atoms with van der Waals surface area (Å²) in [4.78, 5) is 4.48. The van der Waals surface area contributed by atoms with Crippen molar-refractivity contribution in [2.45, 2.75) is 13.8 Å². The number of nitrogens with zero attached hydrogens (tertiary/aromatic N) is 5. The van der Waals surface area contributed by atoms with Gasteiger partial charge in [-0.05, 0) is 38.1 Å². The zero-order valence-corrected chi connectivity index (χ0v) is 13.8. The lowest BCUT2D eigenvalue weighted by atomic mass is 10.0. The summed E-state index contributed by atoms with van der Waals surface area (Å²) in [6.07, 6.45) is 3.41. The Bertz CT molecular complexity index is 1050. The first-order valence-electron chi connectivity index (χ1n) is 7.37. The van der Waals surface area contributed by atoms with Crippen molar-refractivity contribution >= 4 is 17.2 Å². The molecule has 0 aliphatic carbocycles. The molecule has 7 heteroatoms. The van der Waals surface area contributed by atoms with Crippen LogP contribution in [-0.2, 0) is 0 Å². The second-order valence-electron chi connectivity index (χ2n) is 5.53. The predicted molar refractivity (Wildman–Crippen MR) is 90.0 cm³/mol. The number of aryl methyl sites for hydroxylation is 2. The van der Waals surface area contributed by atoms with E-state index in [9.17, 15) is 4.39 Å². The van der Waals surface area contributed by atoms with Crippen LogP contribution in [-0.4, -0.2) is 24.4 Å². The summed E-state index contributed by atoms with van der Waals surface area (Å²) < 4.78 is 17.9. The van der Waals surface area contributed by atoms with E-state index < -0.39 is 0 Å². The van der Waals surface area contributed by atoms with Gasteiger partial charge < -0.3 is 0 Å². The minimum absolute atomic E-state index is 0.361. The van der Waals surface area contributed by atoms with Crippen molar-refractivity contribution in [2.24, 2.45) is 0 Å². The fraction of sp³-hybridized carbons (Fsp3) is 0.118. The molecule has 0 saturated carbocycles. The van der Waals surface area contributed by atoms with E-state index in [1.165, 1.54) is 10.6 Å². The minimum atomic E-state index is -0.361. The highest BCUT2D eigenvalue weighted by Gasteiger charge is 2.18. The van der Waals surface area contributed by atoms with Gasteiger partial charge in [0.1, 0.15) is 11.0 Å². The van der Waals surface area contributed by atoms with Crippen molar-refractivity contribution in [3.63, 3.8) is 0 Å². The second kappa shape index (κ2) is 5.42. The molecule has 3 heterocycles. The topological polar surface area (TPSA) is 48.0 Å². The third kappa shape index (κ3) is 2.27. The van der Waals surface area contributed by atoms with Gasteiger partial charge in [0, 0.05) is 29.7 Å². The number of hydrogen-bond acceptors (Lipinski definition) is 3. The van der Waals surface area contributed by atoms with Gasteiger partial charge in [0.2, 0.25) is 0 Å². The van der Waals surface area contributed by atoms with E-state index in [-0.39, 0.29) is 5.82 Å². The quantitative estimate of drug-likeness (QED) is 0.518. The van der Waals surface area contributed by atoms with Gasteiger partial charge in [-0.2, -0.15) is 10.2 Å². The van der Waals surface area contributed by atoms with Crippen LogP contribution in [0.2, 0.25) is 5.15 Å². The zero-order chi connectivity index (χ0) is 16.8. The molecule has 24 heavy (non-hydrogen) atoms. The normalized spacial score (nSPS) is 11.3. The van der Waals surface area contributed by atoms with Crippen LogP contribution in [0, 0.1) is 19.7 Å². The number of fused-ring (bicyclic) bond motifs is 1. The molecule has 1 aromatic carbocycles. The minimum Gasteiger partial charge on any atom is -0.241 e. The van der Waals surface area contributed by atoms with Crippen LogP contribution < -0.4 is 0 Å². The third-order valence-corrected chi connectivity index (χ3v) is 4.11. The van der Waals surface area contributed by atoms with Crippen molar-refractivity contribution in [3.05, 3.63) is 65.1 Å². The first-order valence-corrected chi connectivity index (χ1v) is 7.75. The maximum absolute atomic E-state index is 14.8. The first-order chi connectivity index (χ1) is 11.5. The Kier molecular flexibility index (Phi) is 3.35. The van der Waals surface area contributed by atoms with E-state index in [2.05, 4.69) is 15.2 Å². The molecule has 0 N–H and O–H groups in total. The summed E-state index contributed by atoms with van der Waals surface area (Å²) in [6, 6.07) is 8.49. The van der Waals surface area contributed by atoms with Crippen LogP contribution in [0.25, 0.3) is 22.5 Å². The molecule has 0 aliphatic heterocycles. The summed E-state index contributed by atoms with van der Waals surface area (Å²) in [5.41, 5.74) is 3.70. The fourth-order valence-corrected chi connectivity index (χ4v) is 3.06. The molecular weight excluding hydrogens is 329 g/mol. The van der Waals surface area contributed by atoms with E-state index >= 15 is 0 Å². The zero-order valence-electron chi connectivity index (χ0n) is 13.0. The van der Waals surface area contributed by atoms with Gasteiger partial charge in [-0.25, -0.2) is 18.6 Å². The van der Waals surface area contributed by atoms with Crippen molar-refractivity contribution in [3.8, 4) is 16.8 Å². The summed E-state index contributed by atoms with van der Waals surface area (Å²) >= 11 is 6.22. The molecule has 120 valence electrons. The third-order valence-electron chi connectivity index (χ3n) is 3.84. The average Bonchev–Trinajstić information content (AvgIpc) is 3.16. The molecule has 0 aliphatic rings. The van der Waals surface area contributed by atoms with E-state index in [1.54, 1.807) is 35.3 Å². The first kappa shape index (κ1) is 14.8. The number of aromatic nitrogens is 5. The molecule has 0 unspecified atom stereocenters. The number of benzene rings is 1. The lowest BCUT2D eigenvalue weighted by Gasteiger charge is -2.07. The standard InChI is InChI=1S/C17H13ClFN5/c1-10-8-15(18)24-17(21-10)16(11(2)22-24)13-5-4-12(9-14(13)19)23-7-3-6-20-23/h3-9H,1-2H3. The summed E-state index contributed by atoms with van der Waals surface area (Å²) in [5.74, 6) is -0.361. The summed E-state index contributed by atoms with van der Waals surface area (Å²) in [5, 5.41) is 8.94. The summed E-state index contributed by atoms with van der Waals surface area (Å²) in [7, 11) is 0. The SMILES string of the molecule is Cc1cc(Cl)n2nc(C)c(-c3ccc(-n4cccn4)cc3F)c2n1. The maximum atomic E-state index is 14.8. The second-order valence-corrected chi connectivity index (χ2v) is 5.92. The highest BCUT2D eigenvalue weighted by molar-refractivity contribution is 6.29. The molecule has 0 spiro atoms. The summed E-state index contributed by atoms with van der Waals surface area (Å²) in [6.45, 7) is 3.66. The lowest BCUT2D eigenvalue weighted by molar-refractivity contribution is 0.629. The smallest absolute Gasteiger partial charge is 0.165 e. The fourth-order valence-electron chi connectivity index (χ4n) is 2.79. The van der Waals surface area contributed by atoms with E-state index in [1.807, 2.05) is 19.9 Å². The largest absolute Gasteiger partial charge is 0.241 e. The van der Waals surface area contributed by atoms with Gasteiger partial charge in [0.05, 0.1) is 16.9 Å². The van der Waals surface area contributed by atoms with Gasteiger partial charge in [-0.1, -0.05) is 11.6 Å². The van der Waals surface area contributed by atoms with Crippen LogP contribution in [0.4, 0.5) is 4.39 Å². The van der Waals surface area contributed by atoms with E-state index in [0.717, 1.165) is 5.69 Å². The Labute approximate surface area is 142 Å². The van der Waals surface area contributed by atoms with Gasteiger partial charge in [-0.3, -0.25) is 0 Å². The van der Waals surface area contributed by atoms with Crippen molar-refractivity contribution < 1.29 is 4.39 Å². The van der Waals surface area contributed by atoms with Crippen LogP contribution in [0.1, 0.15) is 11.4 Å². The monoisotopic (exact) mass is 341 g/mol. The number of rotatable bonds is 2. The number of halogens is 2. The van der Waals surface area contributed by atoms with E-state index in [0.29, 0.717) is 33.3 Å². The average molecular weight is 342 g/mol. The maximum Gasteiger partial charge on any atom is 0.165 e. The highest BCUT2D eigenvalue weighted by atomic mass is 35.5. The van der Waals surface area contributed by atoms with Crippen molar-refractivity contribution in [1.29, 1.82) is 0 Å². The van der Waals surface area contributed by atoms with Crippen LogP contribution in [0.5, 0.6) is 0 Å². The Morgan fingerprint density at radius 1 is 1.17 bits per heavy atom. The van der Waals surface area contributed by atoms with Gasteiger partial charge in [0.15, 0.2) is 5.65 Å². The Balaban J connectivity index is 1.93. The molecule has 3 aromatic heterocycles. The molecule has 0 bridgehead atoms. The van der Waals surface area contributed by atoms with Crippen molar-refractivity contribution in [2.75, 3.05) is 0 Å². The molecule has 4 rings (SSSR count). The van der Waals surface area contributed by atoms with Crippen LogP contribution in [0.15, 0.2) is 42.7 Å². The molecule has 0 radical (unpaired) electrons.